The van der Waals surface area contributed by atoms with Gasteiger partial charge in [-0.3, -0.25) is 9.69 Å². The van der Waals surface area contributed by atoms with Crippen LogP contribution < -0.4 is 14.8 Å². The van der Waals surface area contributed by atoms with Gasteiger partial charge in [0.25, 0.3) is 0 Å². The van der Waals surface area contributed by atoms with Gasteiger partial charge in [-0.15, -0.1) is 0 Å². The Morgan fingerprint density at radius 1 is 1.23 bits per heavy atom. The number of methoxy groups -OCH3 is 2. The molecule has 1 aliphatic rings. The highest BCUT2D eigenvalue weighted by Gasteiger charge is 2.22. The Hall–Kier alpha value is -1.79. The normalized spacial score (nSPS) is 15.7. The van der Waals surface area contributed by atoms with Crippen molar-refractivity contribution in [1.82, 2.24) is 15.1 Å². The number of benzene rings is 1. The molecular formula is C20H33N3O3. The van der Waals surface area contributed by atoms with Crippen LogP contribution in [0.5, 0.6) is 11.5 Å². The molecule has 6 heteroatoms. The average Bonchev–Trinajstić information content (AvgIpc) is 2.67. The number of hydrogen-bond donors (Lipinski definition) is 1. The van der Waals surface area contributed by atoms with Crippen LogP contribution in [0, 0.1) is 5.92 Å². The first-order chi connectivity index (χ1) is 12.6. The Kier molecular flexibility index (Phi) is 8.19. The number of rotatable bonds is 9. The van der Waals surface area contributed by atoms with Crippen molar-refractivity contribution in [2.75, 3.05) is 54.5 Å². The molecule has 0 aliphatic carbocycles. The predicted octanol–water partition coefficient (Wildman–Crippen LogP) is 1.98. The Balaban J connectivity index is 1.81. The standard InChI is InChI=1S/C20H33N3O3/c1-21-10-7-16-8-11-23(12-9-16)15-20(24)22(2)14-17-5-6-18(25-3)19(13-17)26-4/h5-6,13,16,21H,7-12,14-15H2,1-4H3. The van der Waals surface area contributed by atoms with Crippen molar-refractivity contribution >= 4 is 5.91 Å². The van der Waals surface area contributed by atoms with Crippen molar-refractivity contribution in [3.63, 3.8) is 0 Å². The lowest BCUT2D eigenvalue weighted by atomic mass is 9.93. The largest absolute Gasteiger partial charge is 0.493 e. The van der Waals surface area contributed by atoms with Gasteiger partial charge in [-0.25, -0.2) is 0 Å². The molecule has 0 unspecified atom stereocenters. The second-order valence-electron chi connectivity index (χ2n) is 7.05. The molecule has 146 valence electrons. The number of ether oxygens (including phenoxy) is 2. The lowest BCUT2D eigenvalue weighted by Crippen LogP contribution is -2.42. The second-order valence-corrected chi connectivity index (χ2v) is 7.05. The maximum atomic E-state index is 12.6. The van der Waals surface area contributed by atoms with Gasteiger partial charge in [-0.1, -0.05) is 6.07 Å². The Bertz CT molecular complexity index is 571. The van der Waals surface area contributed by atoms with Crippen LogP contribution in [0.4, 0.5) is 0 Å². The van der Waals surface area contributed by atoms with Crippen LogP contribution in [0.2, 0.25) is 0 Å². The van der Waals surface area contributed by atoms with Gasteiger partial charge < -0.3 is 19.7 Å². The minimum atomic E-state index is 0.161. The number of carbonyl (C=O) groups excluding carboxylic acids is 1. The zero-order chi connectivity index (χ0) is 18.9. The highest BCUT2D eigenvalue weighted by atomic mass is 16.5. The van der Waals surface area contributed by atoms with Crippen LogP contribution in [0.15, 0.2) is 18.2 Å². The van der Waals surface area contributed by atoms with Crippen molar-refractivity contribution in [2.45, 2.75) is 25.8 Å². The summed E-state index contributed by atoms with van der Waals surface area (Å²) in [5, 5.41) is 3.22. The number of carbonyl (C=O) groups is 1. The molecule has 1 fully saturated rings. The summed E-state index contributed by atoms with van der Waals surface area (Å²) < 4.78 is 10.6. The molecule has 6 nitrogen and oxygen atoms in total. The van der Waals surface area contributed by atoms with Crippen LogP contribution in [0.25, 0.3) is 0 Å². The summed E-state index contributed by atoms with van der Waals surface area (Å²) >= 11 is 0. The molecular weight excluding hydrogens is 330 g/mol. The number of hydrogen-bond acceptors (Lipinski definition) is 5. The lowest BCUT2D eigenvalue weighted by molar-refractivity contribution is -0.132. The van der Waals surface area contributed by atoms with Crippen molar-refractivity contribution in [3.05, 3.63) is 23.8 Å². The minimum absolute atomic E-state index is 0.161. The van der Waals surface area contributed by atoms with Gasteiger partial charge in [0.2, 0.25) is 5.91 Å². The molecule has 0 saturated carbocycles. The van der Waals surface area contributed by atoms with E-state index in [1.54, 1.807) is 19.1 Å². The van der Waals surface area contributed by atoms with Crippen molar-refractivity contribution in [1.29, 1.82) is 0 Å². The molecule has 1 saturated heterocycles. The molecule has 0 aromatic heterocycles. The minimum Gasteiger partial charge on any atom is -0.493 e. The van der Waals surface area contributed by atoms with Gasteiger partial charge in [-0.05, 0) is 69.6 Å². The average molecular weight is 364 g/mol. The third kappa shape index (κ3) is 5.88. The number of amides is 1. The van der Waals surface area contributed by atoms with E-state index in [1.165, 1.54) is 19.3 Å². The maximum absolute atomic E-state index is 12.6. The van der Waals surface area contributed by atoms with Crippen molar-refractivity contribution in [3.8, 4) is 11.5 Å². The van der Waals surface area contributed by atoms with Crippen LogP contribution >= 0.6 is 0 Å². The summed E-state index contributed by atoms with van der Waals surface area (Å²) in [7, 11) is 7.10. The fourth-order valence-corrected chi connectivity index (χ4v) is 3.43. The molecule has 26 heavy (non-hydrogen) atoms. The van der Waals surface area contributed by atoms with E-state index in [9.17, 15) is 4.79 Å². The Morgan fingerprint density at radius 3 is 2.54 bits per heavy atom. The van der Waals surface area contributed by atoms with Gasteiger partial charge in [0.15, 0.2) is 11.5 Å². The number of nitrogens with one attached hydrogen (secondary N) is 1. The Labute approximate surface area is 157 Å². The van der Waals surface area contributed by atoms with Crippen molar-refractivity contribution < 1.29 is 14.3 Å². The zero-order valence-corrected chi connectivity index (χ0v) is 16.6. The van der Waals surface area contributed by atoms with E-state index in [1.807, 2.05) is 32.3 Å². The van der Waals surface area contributed by atoms with Crippen LogP contribution in [0.3, 0.4) is 0 Å². The smallest absolute Gasteiger partial charge is 0.236 e. The zero-order valence-electron chi connectivity index (χ0n) is 16.6. The first-order valence-electron chi connectivity index (χ1n) is 9.39. The first kappa shape index (κ1) is 20.5. The third-order valence-electron chi connectivity index (χ3n) is 5.16. The highest BCUT2D eigenvalue weighted by molar-refractivity contribution is 5.78. The number of piperidine rings is 1. The molecule has 1 aliphatic heterocycles. The van der Waals surface area contributed by atoms with Crippen molar-refractivity contribution in [2.24, 2.45) is 5.92 Å². The lowest BCUT2D eigenvalue weighted by Gasteiger charge is -2.32. The summed E-state index contributed by atoms with van der Waals surface area (Å²) in [4.78, 5) is 16.6. The number of likely N-dealkylation sites (tertiary alicyclic amines) is 1. The summed E-state index contributed by atoms with van der Waals surface area (Å²) in [5.74, 6) is 2.34. The highest BCUT2D eigenvalue weighted by Crippen LogP contribution is 2.28. The molecule has 0 radical (unpaired) electrons. The summed E-state index contributed by atoms with van der Waals surface area (Å²) in [5.41, 5.74) is 1.03. The van der Waals surface area contributed by atoms with E-state index in [0.717, 1.165) is 31.1 Å². The molecule has 0 bridgehead atoms. The summed E-state index contributed by atoms with van der Waals surface area (Å²) in [6.07, 6.45) is 3.61. The molecule has 2 rings (SSSR count). The molecule has 1 aromatic rings. The third-order valence-corrected chi connectivity index (χ3v) is 5.16. The van der Waals surface area contributed by atoms with Gasteiger partial charge in [-0.2, -0.15) is 0 Å². The van der Waals surface area contributed by atoms with E-state index < -0.39 is 0 Å². The first-order valence-corrected chi connectivity index (χ1v) is 9.39. The van der Waals surface area contributed by atoms with Crippen LogP contribution in [-0.4, -0.2) is 70.2 Å². The molecule has 1 aromatic carbocycles. The van der Waals surface area contributed by atoms with Gasteiger partial charge in [0.1, 0.15) is 0 Å². The fourth-order valence-electron chi connectivity index (χ4n) is 3.43. The molecule has 1 amide bonds. The molecule has 1 heterocycles. The summed E-state index contributed by atoms with van der Waals surface area (Å²) in [6, 6.07) is 5.77. The predicted molar refractivity (Wildman–Crippen MR) is 104 cm³/mol. The quantitative estimate of drug-likeness (QED) is 0.727. The van der Waals surface area contributed by atoms with E-state index in [-0.39, 0.29) is 5.91 Å². The van der Waals surface area contributed by atoms with Crippen LogP contribution in [0.1, 0.15) is 24.8 Å². The topological polar surface area (TPSA) is 54.0 Å². The van der Waals surface area contributed by atoms with Gasteiger partial charge in [0.05, 0.1) is 20.8 Å². The number of likely N-dealkylation sites (N-methyl/N-ethyl adjacent to an activating group) is 1. The Morgan fingerprint density at radius 2 is 1.92 bits per heavy atom. The molecule has 0 atom stereocenters. The number of nitrogens with zero attached hydrogens (tertiary/aromatic N) is 2. The van der Waals surface area contributed by atoms with E-state index in [4.69, 9.17) is 9.47 Å². The van der Waals surface area contributed by atoms with Gasteiger partial charge >= 0.3 is 0 Å². The molecule has 0 spiro atoms. The molecule has 1 N–H and O–H groups in total. The summed E-state index contributed by atoms with van der Waals surface area (Å²) in [6.45, 7) is 4.19. The van der Waals surface area contributed by atoms with E-state index in [0.29, 0.717) is 24.6 Å². The SMILES string of the molecule is CNCCC1CCN(CC(=O)N(C)Cc2ccc(OC)c(OC)c2)CC1. The van der Waals surface area contributed by atoms with E-state index in [2.05, 4.69) is 10.2 Å². The van der Waals surface area contributed by atoms with E-state index >= 15 is 0 Å². The van der Waals surface area contributed by atoms with Gasteiger partial charge in [0, 0.05) is 13.6 Å². The van der Waals surface area contributed by atoms with Crippen LogP contribution in [-0.2, 0) is 11.3 Å². The monoisotopic (exact) mass is 363 g/mol. The maximum Gasteiger partial charge on any atom is 0.236 e. The fraction of sp³-hybridized carbons (Fsp3) is 0.650. The second kappa shape index (κ2) is 10.4.